The Morgan fingerprint density at radius 3 is 2.84 bits per heavy atom. The van der Waals surface area contributed by atoms with Crippen molar-refractivity contribution in [3.63, 3.8) is 0 Å². The van der Waals surface area contributed by atoms with Crippen LogP contribution in [-0.2, 0) is 6.54 Å². The first-order valence-electron chi connectivity index (χ1n) is 6.92. The van der Waals surface area contributed by atoms with Crippen molar-refractivity contribution in [1.82, 2.24) is 20.1 Å². The summed E-state index contributed by atoms with van der Waals surface area (Å²) in [5, 5.41) is 7.96. The summed E-state index contributed by atoms with van der Waals surface area (Å²) in [5.74, 6) is 0. The Balaban J connectivity index is 2.31. The van der Waals surface area contributed by atoms with Crippen molar-refractivity contribution in [1.29, 1.82) is 0 Å². The SMILES string of the molecule is CCCn1cc(C(NCC)c2ccncc2C)cn1. The van der Waals surface area contributed by atoms with Gasteiger partial charge in [0.05, 0.1) is 12.2 Å². The molecule has 0 aliphatic rings. The molecule has 1 atom stereocenters. The predicted octanol–water partition coefficient (Wildman–Crippen LogP) is 2.70. The van der Waals surface area contributed by atoms with Crippen LogP contribution in [0.3, 0.4) is 0 Å². The van der Waals surface area contributed by atoms with Crippen molar-refractivity contribution >= 4 is 0 Å². The van der Waals surface area contributed by atoms with Gasteiger partial charge in [0.15, 0.2) is 0 Å². The molecule has 0 aliphatic heterocycles. The standard InChI is InChI=1S/C15H22N4/c1-4-8-19-11-13(10-18-19)15(17-5-2)14-6-7-16-9-12(14)3/h6-7,9-11,15,17H,4-5,8H2,1-3H3. The zero-order valence-electron chi connectivity index (χ0n) is 11.9. The summed E-state index contributed by atoms with van der Waals surface area (Å²) in [6.07, 6.45) is 8.96. The fourth-order valence-corrected chi connectivity index (χ4v) is 2.30. The second-order valence-electron chi connectivity index (χ2n) is 4.76. The average molecular weight is 258 g/mol. The van der Waals surface area contributed by atoms with Crippen LogP contribution in [0.4, 0.5) is 0 Å². The molecule has 2 aromatic rings. The van der Waals surface area contributed by atoms with Gasteiger partial charge >= 0.3 is 0 Å². The molecule has 2 rings (SSSR count). The van der Waals surface area contributed by atoms with Gasteiger partial charge in [-0.1, -0.05) is 13.8 Å². The number of hydrogen-bond donors (Lipinski definition) is 1. The van der Waals surface area contributed by atoms with Crippen LogP contribution in [0, 0.1) is 6.92 Å². The molecule has 0 bridgehead atoms. The van der Waals surface area contributed by atoms with E-state index >= 15 is 0 Å². The summed E-state index contributed by atoms with van der Waals surface area (Å²) < 4.78 is 2.01. The molecule has 1 unspecified atom stereocenters. The quantitative estimate of drug-likeness (QED) is 0.866. The van der Waals surface area contributed by atoms with Crippen LogP contribution in [0.2, 0.25) is 0 Å². The lowest BCUT2D eigenvalue weighted by atomic mass is 9.99. The van der Waals surface area contributed by atoms with E-state index in [1.807, 2.05) is 23.3 Å². The summed E-state index contributed by atoms with van der Waals surface area (Å²) in [6.45, 7) is 8.28. The topological polar surface area (TPSA) is 42.7 Å². The molecular weight excluding hydrogens is 236 g/mol. The van der Waals surface area contributed by atoms with Crippen LogP contribution in [0.25, 0.3) is 0 Å². The molecule has 0 aliphatic carbocycles. The molecule has 1 N–H and O–H groups in total. The van der Waals surface area contributed by atoms with Gasteiger partial charge in [0.2, 0.25) is 0 Å². The van der Waals surface area contributed by atoms with Gasteiger partial charge in [0.25, 0.3) is 0 Å². The lowest BCUT2D eigenvalue weighted by Crippen LogP contribution is -2.22. The van der Waals surface area contributed by atoms with Gasteiger partial charge in [-0.15, -0.1) is 0 Å². The average Bonchev–Trinajstić information content (AvgIpc) is 2.86. The number of nitrogens with zero attached hydrogens (tertiary/aromatic N) is 3. The lowest BCUT2D eigenvalue weighted by Gasteiger charge is -2.18. The highest BCUT2D eigenvalue weighted by Crippen LogP contribution is 2.23. The molecule has 0 aromatic carbocycles. The van der Waals surface area contributed by atoms with Crippen LogP contribution >= 0.6 is 0 Å². The third-order valence-electron chi connectivity index (χ3n) is 3.22. The largest absolute Gasteiger partial charge is 0.306 e. The number of pyridine rings is 1. The molecule has 0 amide bonds. The summed E-state index contributed by atoms with van der Waals surface area (Å²) in [7, 11) is 0. The molecule has 102 valence electrons. The number of hydrogen-bond acceptors (Lipinski definition) is 3. The number of aromatic nitrogens is 3. The first-order chi connectivity index (χ1) is 9.26. The highest BCUT2D eigenvalue weighted by atomic mass is 15.3. The van der Waals surface area contributed by atoms with Crippen LogP contribution in [0.1, 0.15) is 43.0 Å². The molecule has 0 radical (unpaired) electrons. The predicted molar refractivity (Wildman–Crippen MR) is 77.0 cm³/mol. The van der Waals surface area contributed by atoms with Crippen molar-refractivity contribution in [2.75, 3.05) is 6.54 Å². The Hall–Kier alpha value is -1.68. The van der Waals surface area contributed by atoms with E-state index in [1.54, 1.807) is 0 Å². The smallest absolute Gasteiger partial charge is 0.0611 e. The molecule has 0 fully saturated rings. The van der Waals surface area contributed by atoms with E-state index in [2.05, 4.69) is 48.4 Å². The second kappa shape index (κ2) is 6.48. The van der Waals surface area contributed by atoms with Gasteiger partial charge in [-0.25, -0.2) is 0 Å². The fourth-order valence-electron chi connectivity index (χ4n) is 2.30. The van der Waals surface area contributed by atoms with Gasteiger partial charge < -0.3 is 5.32 Å². The van der Waals surface area contributed by atoms with E-state index in [-0.39, 0.29) is 6.04 Å². The van der Waals surface area contributed by atoms with Gasteiger partial charge in [0.1, 0.15) is 0 Å². The Kier molecular flexibility index (Phi) is 4.68. The van der Waals surface area contributed by atoms with Crippen molar-refractivity contribution < 1.29 is 0 Å². The molecule has 4 heteroatoms. The number of nitrogens with one attached hydrogen (secondary N) is 1. The molecule has 19 heavy (non-hydrogen) atoms. The zero-order valence-corrected chi connectivity index (χ0v) is 11.9. The summed E-state index contributed by atoms with van der Waals surface area (Å²) >= 11 is 0. The van der Waals surface area contributed by atoms with Gasteiger partial charge in [-0.2, -0.15) is 5.10 Å². The van der Waals surface area contributed by atoms with E-state index in [9.17, 15) is 0 Å². The Morgan fingerprint density at radius 1 is 1.32 bits per heavy atom. The third-order valence-corrected chi connectivity index (χ3v) is 3.22. The first kappa shape index (κ1) is 13.7. The summed E-state index contributed by atoms with van der Waals surface area (Å²) in [6, 6.07) is 2.28. The van der Waals surface area contributed by atoms with Crippen LogP contribution in [0.5, 0.6) is 0 Å². The summed E-state index contributed by atoms with van der Waals surface area (Å²) in [4.78, 5) is 4.17. The van der Waals surface area contributed by atoms with Crippen molar-refractivity contribution in [2.45, 2.75) is 39.8 Å². The van der Waals surface area contributed by atoms with E-state index in [4.69, 9.17) is 0 Å². The second-order valence-corrected chi connectivity index (χ2v) is 4.76. The first-order valence-corrected chi connectivity index (χ1v) is 6.92. The van der Waals surface area contributed by atoms with Crippen molar-refractivity contribution in [3.05, 3.63) is 47.5 Å². The molecule has 2 aromatic heterocycles. The molecule has 0 saturated carbocycles. The highest BCUT2D eigenvalue weighted by molar-refractivity contribution is 5.33. The minimum Gasteiger partial charge on any atom is -0.306 e. The van der Waals surface area contributed by atoms with E-state index < -0.39 is 0 Å². The molecule has 0 saturated heterocycles. The Labute approximate surface area is 114 Å². The molecule has 0 spiro atoms. The highest BCUT2D eigenvalue weighted by Gasteiger charge is 2.16. The van der Waals surface area contributed by atoms with Crippen LogP contribution in [-0.4, -0.2) is 21.3 Å². The van der Waals surface area contributed by atoms with E-state index in [0.717, 1.165) is 19.5 Å². The maximum Gasteiger partial charge on any atom is 0.0611 e. The monoisotopic (exact) mass is 258 g/mol. The molecule has 4 nitrogen and oxygen atoms in total. The number of rotatable bonds is 6. The van der Waals surface area contributed by atoms with Crippen LogP contribution < -0.4 is 5.32 Å². The third kappa shape index (κ3) is 3.20. The Morgan fingerprint density at radius 2 is 2.16 bits per heavy atom. The van der Waals surface area contributed by atoms with E-state index in [0.29, 0.717) is 0 Å². The normalized spacial score (nSPS) is 12.6. The maximum atomic E-state index is 4.43. The van der Waals surface area contributed by atoms with E-state index in [1.165, 1.54) is 16.7 Å². The van der Waals surface area contributed by atoms with Gasteiger partial charge in [-0.05, 0) is 37.1 Å². The lowest BCUT2D eigenvalue weighted by molar-refractivity contribution is 0.596. The minimum atomic E-state index is 0.193. The summed E-state index contributed by atoms with van der Waals surface area (Å²) in [5.41, 5.74) is 3.69. The van der Waals surface area contributed by atoms with Gasteiger partial charge in [-0.3, -0.25) is 9.67 Å². The fraction of sp³-hybridized carbons (Fsp3) is 0.467. The molecular formula is C15H22N4. The van der Waals surface area contributed by atoms with Crippen molar-refractivity contribution in [3.8, 4) is 0 Å². The minimum absolute atomic E-state index is 0.193. The van der Waals surface area contributed by atoms with Crippen molar-refractivity contribution in [2.24, 2.45) is 0 Å². The Bertz CT molecular complexity index is 518. The maximum absolute atomic E-state index is 4.43. The zero-order chi connectivity index (χ0) is 13.7. The molecule has 2 heterocycles. The van der Waals surface area contributed by atoms with Gasteiger partial charge in [0, 0.05) is 30.7 Å². The number of aryl methyl sites for hydroxylation is 2. The van der Waals surface area contributed by atoms with Crippen LogP contribution in [0.15, 0.2) is 30.9 Å².